The van der Waals surface area contributed by atoms with E-state index in [-0.39, 0.29) is 45.5 Å². The number of sulfonamides is 1. The first-order valence-corrected chi connectivity index (χ1v) is 13.2. The Labute approximate surface area is 220 Å². The minimum Gasteiger partial charge on any atom is -0.454 e. The molecule has 0 aliphatic carbocycles. The number of carbonyl (C=O) groups excluding carboxylic acids is 1. The summed E-state index contributed by atoms with van der Waals surface area (Å²) in [6, 6.07) is 11.9. The van der Waals surface area contributed by atoms with Crippen LogP contribution in [0, 0.1) is 24.4 Å². The number of aromatic amines is 1. The fourth-order valence-corrected chi connectivity index (χ4v) is 4.65. The van der Waals surface area contributed by atoms with Gasteiger partial charge in [-0.1, -0.05) is 12.1 Å². The summed E-state index contributed by atoms with van der Waals surface area (Å²) < 4.78 is 75.1. The summed E-state index contributed by atoms with van der Waals surface area (Å²) in [6.07, 6.45) is 2.06. The fourth-order valence-electron chi connectivity index (χ4n) is 4.10. The monoisotopic (exact) mass is 555 g/mol. The number of ketones is 1. The van der Waals surface area contributed by atoms with Gasteiger partial charge in [0.15, 0.2) is 17.4 Å². The van der Waals surface area contributed by atoms with Crippen molar-refractivity contribution < 1.29 is 31.1 Å². The van der Waals surface area contributed by atoms with Crippen LogP contribution in [0.1, 0.15) is 21.6 Å². The number of carbonyl (C=O) groups is 1. The van der Waals surface area contributed by atoms with Crippen LogP contribution in [-0.2, 0) is 10.0 Å². The number of nitrogens with one attached hydrogen (secondary N) is 2. The summed E-state index contributed by atoms with van der Waals surface area (Å²) in [5.41, 5.74) is 6.44. The van der Waals surface area contributed by atoms with E-state index in [1.807, 2.05) is 0 Å². The van der Waals surface area contributed by atoms with Crippen molar-refractivity contribution in [2.45, 2.75) is 6.92 Å². The Hall–Kier alpha value is -4.78. The van der Waals surface area contributed by atoms with Gasteiger partial charge in [-0.25, -0.2) is 26.3 Å². The maximum Gasteiger partial charge on any atom is 0.229 e. The van der Waals surface area contributed by atoms with Crippen molar-refractivity contribution in [1.29, 1.82) is 0 Å². The average molecular weight is 556 g/mol. The molecule has 0 saturated carbocycles. The molecular weight excluding hydrogens is 535 g/mol. The lowest BCUT2D eigenvalue weighted by Gasteiger charge is -2.13. The van der Waals surface area contributed by atoms with Crippen molar-refractivity contribution in [1.82, 2.24) is 14.8 Å². The molecule has 2 aromatic heterocycles. The minimum absolute atomic E-state index is 0.0259. The van der Waals surface area contributed by atoms with Gasteiger partial charge in [-0.05, 0) is 42.8 Å². The summed E-state index contributed by atoms with van der Waals surface area (Å²) in [6.45, 7) is 1.57. The van der Waals surface area contributed by atoms with Crippen LogP contribution < -0.4 is 15.2 Å². The summed E-state index contributed by atoms with van der Waals surface area (Å²) in [4.78, 5) is 16.0. The van der Waals surface area contributed by atoms with Crippen LogP contribution in [0.2, 0.25) is 0 Å². The number of rotatable bonds is 7. The van der Waals surface area contributed by atoms with Gasteiger partial charge in [-0.2, -0.15) is 5.10 Å². The number of ether oxygens (including phenoxy) is 1. The Morgan fingerprint density at radius 3 is 2.49 bits per heavy atom. The number of para-hydroxylation sites is 1. The third kappa shape index (κ3) is 5.03. The van der Waals surface area contributed by atoms with Gasteiger partial charge in [-0.3, -0.25) is 9.52 Å². The predicted molar refractivity (Wildman–Crippen MR) is 139 cm³/mol. The van der Waals surface area contributed by atoms with Crippen LogP contribution in [-0.4, -0.2) is 35.2 Å². The smallest absolute Gasteiger partial charge is 0.229 e. The standard InChI is InChI=1S/C26H20F3N5O4S/c1-13-7-15(38-23-6-4-3-5-17(23)27)10-19(29)24(13)34-26(30)16(12-31-34)25(35)22-9-14-8-21(33-39(2,36)37)18(28)11-20(14)32-22/h3-12,32-33H,30H2,1-2H3. The van der Waals surface area contributed by atoms with Crippen LogP contribution in [0.25, 0.3) is 16.6 Å². The van der Waals surface area contributed by atoms with Crippen molar-refractivity contribution in [3.63, 3.8) is 0 Å². The molecule has 2 heterocycles. The first-order chi connectivity index (χ1) is 18.4. The molecule has 0 saturated heterocycles. The number of nitrogens with zero attached hydrogens (tertiary/aromatic N) is 2. The Morgan fingerprint density at radius 1 is 1.05 bits per heavy atom. The molecular formula is C26H20F3N5O4S. The second-order valence-corrected chi connectivity index (χ2v) is 10.5. The maximum absolute atomic E-state index is 15.2. The molecule has 0 spiro atoms. The number of halogens is 3. The fraction of sp³-hybridized carbons (Fsp3) is 0.0769. The molecule has 9 nitrogen and oxygen atoms in total. The predicted octanol–water partition coefficient (Wildman–Crippen LogP) is 5.06. The van der Waals surface area contributed by atoms with Crippen molar-refractivity contribution >= 4 is 38.2 Å². The number of aromatic nitrogens is 3. The Balaban J connectivity index is 1.46. The number of hydrogen-bond donors (Lipinski definition) is 3. The lowest BCUT2D eigenvalue weighted by Crippen LogP contribution is -2.10. The molecule has 0 fully saturated rings. The number of fused-ring (bicyclic) bond motifs is 1. The summed E-state index contributed by atoms with van der Waals surface area (Å²) in [5.74, 6) is -3.01. The second kappa shape index (κ2) is 9.51. The van der Waals surface area contributed by atoms with Gasteiger partial charge in [0.1, 0.15) is 23.1 Å². The number of nitrogens with two attached hydrogens (primary N) is 1. The zero-order chi connectivity index (χ0) is 28.1. The number of aryl methyl sites for hydroxylation is 1. The highest BCUT2D eigenvalue weighted by molar-refractivity contribution is 7.92. The highest BCUT2D eigenvalue weighted by atomic mass is 32.2. The highest BCUT2D eigenvalue weighted by Gasteiger charge is 2.23. The normalized spacial score (nSPS) is 11.6. The van der Waals surface area contributed by atoms with Crippen LogP contribution in [0.4, 0.5) is 24.7 Å². The van der Waals surface area contributed by atoms with E-state index in [2.05, 4.69) is 14.8 Å². The van der Waals surface area contributed by atoms with E-state index in [1.54, 1.807) is 13.0 Å². The lowest BCUT2D eigenvalue weighted by atomic mass is 10.1. The molecule has 0 bridgehead atoms. The van der Waals surface area contributed by atoms with E-state index < -0.39 is 33.3 Å². The molecule has 4 N–H and O–H groups in total. The first-order valence-electron chi connectivity index (χ1n) is 11.3. The number of H-pyrrole nitrogens is 1. The lowest BCUT2D eigenvalue weighted by molar-refractivity contribution is 0.103. The van der Waals surface area contributed by atoms with E-state index >= 15 is 4.39 Å². The topological polar surface area (TPSA) is 132 Å². The van der Waals surface area contributed by atoms with E-state index in [0.717, 1.165) is 23.1 Å². The quantitative estimate of drug-likeness (QED) is 0.241. The molecule has 0 radical (unpaired) electrons. The molecule has 3 aromatic carbocycles. The number of nitrogen functional groups attached to an aromatic ring is 1. The minimum atomic E-state index is -3.73. The third-order valence-corrected chi connectivity index (χ3v) is 6.39. The third-order valence-electron chi connectivity index (χ3n) is 5.80. The Morgan fingerprint density at radius 2 is 1.79 bits per heavy atom. The zero-order valence-electron chi connectivity index (χ0n) is 20.4. The van der Waals surface area contributed by atoms with E-state index in [1.165, 1.54) is 42.6 Å². The van der Waals surface area contributed by atoms with Crippen LogP contribution in [0.15, 0.2) is 60.8 Å². The molecule has 0 amide bonds. The van der Waals surface area contributed by atoms with Gasteiger partial charge in [0, 0.05) is 23.0 Å². The summed E-state index contributed by atoms with van der Waals surface area (Å²) in [5, 5.41) is 4.45. The Kier molecular flexibility index (Phi) is 6.30. The van der Waals surface area contributed by atoms with Crippen molar-refractivity contribution in [2.24, 2.45) is 0 Å². The second-order valence-electron chi connectivity index (χ2n) is 8.76. The molecule has 0 aliphatic rings. The molecule has 5 aromatic rings. The maximum atomic E-state index is 15.2. The summed E-state index contributed by atoms with van der Waals surface area (Å²) >= 11 is 0. The van der Waals surface area contributed by atoms with E-state index in [4.69, 9.17) is 10.5 Å². The first kappa shape index (κ1) is 25.9. The van der Waals surface area contributed by atoms with Crippen LogP contribution >= 0.6 is 0 Å². The molecule has 0 unspecified atom stereocenters. The van der Waals surface area contributed by atoms with Crippen molar-refractivity contribution in [3.05, 3.63) is 95.1 Å². The largest absolute Gasteiger partial charge is 0.454 e. The van der Waals surface area contributed by atoms with Crippen LogP contribution in [0.5, 0.6) is 11.5 Å². The molecule has 0 atom stereocenters. The van der Waals surface area contributed by atoms with Gasteiger partial charge in [0.25, 0.3) is 0 Å². The number of benzene rings is 3. The molecule has 5 rings (SSSR count). The van der Waals surface area contributed by atoms with Gasteiger partial charge in [0.2, 0.25) is 15.8 Å². The molecule has 13 heteroatoms. The van der Waals surface area contributed by atoms with Crippen LogP contribution in [0.3, 0.4) is 0 Å². The van der Waals surface area contributed by atoms with Gasteiger partial charge >= 0.3 is 0 Å². The van der Waals surface area contributed by atoms with Crippen molar-refractivity contribution in [3.8, 4) is 17.2 Å². The molecule has 0 aliphatic heterocycles. The van der Waals surface area contributed by atoms with Gasteiger partial charge in [0.05, 0.1) is 29.4 Å². The van der Waals surface area contributed by atoms with E-state index in [9.17, 15) is 22.0 Å². The van der Waals surface area contributed by atoms with E-state index in [0.29, 0.717) is 10.9 Å². The summed E-state index contributed by atoms with van der Waals surface area (Å²) in [7, 11) is -3.73. The van der Waals surface area contributed by atoms with Gasteiger partial charge in [-0.15, -0.1) is 0 Å². The number of hydrogen-bond acceptors (Lipinski definition) is 6. The SMILES string of the molecule is Cc1cc(Oc2ccccc2F)cc(F)c1-n1ncc(C(=O)c2cc3cc(NS(C)(=O)=O)c(F)cc3[nH]2)c1N. The van der Waals surface area contributed by atoms with Crippen molar-refractivity contribution in [2.75, 3.05) is 16.7 Å². The number of anilines is 2. The molecule has 200 valence electrons. The van der Waals surface area contributed by atoms with Gasteiger partial charge < -0.3 is 15.5 Å². The average Bonchev–Trinajstić information content (AvgIpc) is 3.42. The highest BCUT2D eigenvalue weighted by Crippen LogP contribution is 2.32. The Bertz CT molecular complexity index is 1860. The molecule has 39 heavy (non-hydrogen) atoms. The zero-order valence-corrected chi connectivity index (χ0v) is 21.2.